The Labute approximate surface area is 65.8 Å². The summed E-state index contributed by atoms with van der Waals surface area (Å²) in [6.45, 7) is 1.99. The third-order valence-corrected chi connectivity index (χ3v) is 1.86. The van der Waals surface area contributed by atoms with Gasteiger partial charge in [-0.1, -0.05) is 13.3 Å². The second kappa shape index (κ2) is 4.71. The lowest BCUT2D eigenvalue weighted by Crippen LogP contribution is -2.30. The Balaban J connectivity index is 3.54. The minimum atomic E-state index is -4.63. The van der Waals surface area contributed by atoms with E-state index in [0.29, 0.717) is 6.42 Å². The molecule has 1 N–H and O–H groups in total. The van der Waals surface area contributed by atoms with E-state index < -0.39 is 16.5 Å². The molecule has 0 fully saturated rings. The maximum atomic E-state index is 11.5. The van der Waals surface area contributed by atoms with Crippen LogP contribution < -0.4 is 4.72 Å². The van der Waals surface area contributed by atoms with Crippen molar-refractivity contribution in [3.8, 4) is 0 Å². The zero-order chi connectivity index (χ0) is 8.91. The highest BCUT2D eigenvalue weighted by Crippen LogP contribution is 2.17. The molecule has 0 aromatic carbocycles. The summed E-state index contributed by atoms with van der Waals surface area (Å²) in [5, 5.41) is 0. The topological polar surface area (TPSA) is 29.1 Å². The number of alkyl halides is 3. The lowest BCUT2D eigenvalue weighted by Gasteiger charge is -2.05. The van der Waals surface area contributed by atoms with Crippen molar-refractivity contribution in [2.45, 2.75) is 25.3 Å². The summed E-state index contributed by atoms with van der Waals surface area (Å²) in [5.41, 5.74) is -4.63. The van der Waals surface area contributed by atoms with Gasteiger partial charge in [-0.3, -0.25) is 0 Å². The standard InChI is InChI=1S/C5H10F3NOS/c1-2-3-4-9-11(10)5(6,7)8/h9H,2-4H2,1H3. The summed E-state index contributed by atoms with van der Waals surface area (Å²) in [6, 6.07) is 0. The Morgan fingerprint density at radius 2 is 2.00 bits per heavy atom. The zero-order valence-electron chi connectivity index (χ0n) is 6.07. The fourth-order valence-corrected chi connectivity index (χ4v) is 0.917. The summed E-state index contributed by atoms with van der Waals surface area (Å²) < 4.78 is 46.6. The first kappa shape index (κ1) is 10.9. The molecule has 0 heterocycles. The van der Waals surface area contributed by atoms with Crippen molar-refractivity contribution in [1.82, 2.24) is 4.72 Å². The SMILES string of the molecule is CCCCNS(=O)C(F)(F)F. The Morgan fingerprint density at radius 1 is 1.45 bits per heavy atom. The van der Waals surface area contributed by atoms with Crippen molar-refractivity contribution in [2.24, 2.45) is 0 Å². The van der Waals surface area contributed by atoms with Gasteiger partial charge in [0.25, 0.3) is 0 Å². The van der Waals surface area contributed by atoms with Gasteiger partial charge in [-0.15, -0.1) is 0 Å². The zero-order valence-corrected chi connectivity index (χ0v) is 6.89. The molecule has 2 nitrogen and oxygen atoms in total. The predicted octanol–water partition coefficient (Wildman–Crippen LogP) is 1.56. The van der Waals surface area contributed by atoms with Crippen molar-refractivity contribution in [3.63, 3.8) is 0 Å². The third kappa shape index (κ3) is 5.20. The van der Waals surface area contributed by atoms with E-state index in [-0.39, 0.29) is 6.54 Å². The van der Waals surface area contributed by atoms with E-state index in [0.717, 1.165) is 6.42 Å². The summed E-state index contributed by atoms with van der Waals surface area (Å²) in [5.74, 6) is 0. The second-order valence-corrected chi connectivity index (χ2v) is 3.25. The van der Waals surface area contributed by atoms with Gasteiger partial charge in [0.15, 0.2) is 11.0 Å². The van der Waals surface area contributed by atoms with Crippen molar-refractivity contribution in [2.75, 3.05) is 6.54 Å². The molecule has 68 valence electrons. The first-order chi connectivity index (χ1) is 4.98. The van der Waals surface area contributed by atoms with Gasteiger partial charge in [-0.05, 0) is 6.42 Å². The molecule has 0 saturated carbocycles. The van der Waals surface area contributed by atoms with Gasteiger partial charge in [0.05, 0.1) is 0 Å². The molecule has 11 heavy (non-hydrogen) atoms. The largest absolute Gasteiger partial charge is 0.485 e. The second-order valence-electron chi connectivity index (χ2n) is 1.96. The number of rotatable bonds is 4. The normalized spacial score (nSPS) is 14.9. The molecule has 0 amide bonds. The molecule has 1 atom stereocenters. The Kier molecular flexibility index (Phi) is 4.67. The van der Waals surface area contributed by atoms with Gasteiger partial charge >= 0.3 is 5.51 Å². The summed E-state index contributed by atoms with van der Waals surface area (Å²) in [6.07, 6.45) is 1.38. The van der Waals surface area contributed by atoms with Crippen LogP contribution >= 0.6 is 0 Å². The van der Waals surface area contributed by atoms with Crippen LogP contribution in [0.3, 0.4) is 0 Å². The van der Waals surface area contributed by atoms with E-state index in [1.165, 1.54) is 0 Å². The molecule has 0 spiro atoms. The molecule has 0 saturated heterocycles. The molecule has 0 radical (unpaired) electrons. The molecule has 0 aromatic rings. The van der Waals surface area contributed by atoms with E-state index in [4.69, 9.17) is 0 Å². The maximum Gasteiger partial charge on any atom is 0.485 e. The van der Waals surface area contributed by atoms with Crippen molar-refractivity contribution < 1.29 is 17.4 Å². The van der Waals surface area contributed by atoms with Crippen LogP contribution in [0.25, 0.3) is 0 Å². The molecule has 0 rings (SSSR count). The van der Waals surface area contributed by atoms with Gasteiger partial charge in [0.1, 0.15) is 0 Å². The smallest absolute Gasteiger partial charge is 0.234 e. The fourth-order valence-electron chi connectivity index (χ4n) is 0.423. The van der Waals surface area contributed by atoms with Crippen LogP contribution in [-0.2, 0) is 11.0 Å². The van der Waals surface area contributed by atoms with Crippen LogP contribution in [0.5, 0.6) is 0 Å². The molecule has 1 unspecified atom stereocenters. The number of unbranched alkanes of at least 4 members (excludes halogenated alkanes) is 1. The highest BCUT2D eigenvalue weighted by Gasteiger charge is 2.36. The molecule has 0 aromatic heterocycles. The van der Waals surface area contributed by atoms with Gasteiger partial charge in [0.2, 0.25) is 0 Å². The van der Waals surface area contributed by atoms with E-state index in [9.17, 15) is 17.4 Å². The molecule has 6 heteroatoms. The van der Waals surface area contributed by atoms with Crippen LogP contribution in [0.4, 0.5) is 13.2 Å². The van der Waals surface area contributed by atoms with E-state index >= 15 is 0 Å². The van der Waals surface area contributed by atoms with E-state index in [1.54, 1.807) is 0 Å². The van der Waals surface area contributed by atoms with E-state index in [1.807, 2.05) is 11.6 Å². The molecule has 0 aliphatic heterocycles. The number of halogens is 3. The molecule has 0 bridgehead atoms. The van der Waals surface area contributed by atoms with Gasteiger partial charge < -0.3 is 0 Å². The first-order valence-electron chi connectivity index (χ1n) is 3.20. The van der Waals surface area contributed by atoms with Gasteiger partial charge in [-0.2, -0.15) is 13.2 Å². The van der Waals surface area contributed by atoms with Crippen LogP contribution in [0.1, 0.15) is 19.8 Å². The quantitative estimate of drug-likeness (QED) is 0.668. The molecule has 0 aliphatic carbocycles. The van der Waals surface area contributed by atoms with Gasteiger partial charge in [-0.25, -0.2) is 8.93 Å². The van der Waals surface area contributed by atoms with Crippen molar-refractivity contribution >= 4 is 11.0 Å². The maximum absolute atomic E-state index is 11.5. The minimum absolute atomic E-state index is 0.141. The minimum Gasteiger partial charge on any atom is -0.234 e. The highest BCUT2D eigenvalue weighted by molar-refractivity contribution is 7.83. The monoisotopic (exact) mass is 189 g/mol. The molecule has 0 aliphatic rings. The Bertz CT molecular complexity index is 136. The first-order valence-corrected chi connectivity index (χ1v) is 4.35. The average molecular weight is 189 g/mol. The average Bonchev–Trinajstić information content (AvgIpc) is 1.86. The van der Waals surface area contributed by atoms with Crippen molar-refractivity contribution in [3.05, 3.63) is 0 Å². The van der Waals surface area contributed by atoms with Crippen LogP contribution in [0.2, 0.25) is 0 Å². The van der Waals surface area contributed by atoms with E-state index in [2.05, 4.69) is 0 Å². The predicted molar refractivity (Wildman–Crippen MR) is 37.1 cm³/mol. The van der Waals surface area contributed by atoms with Crippen molar-refractivity contribution in [1.29, 1.82) is 0 Å². The lowest BCUT2D eigenvalue weighted by atomic mass is 10.3. The summed E-state index contributed by atoms with van der Waals surface area (Å²) >= 11 is 0. The lowest BCUT2D eigenvalue weighted by molar-refractivity contribution is -0.0394. The molecular formula is C5H10F3NOS. The fraction of sp³-hybridized carbons (Fsp3) is 1.00. The Hall–Kier alpha value is -0.100. The third-order valence-electron chi connectivity index (χ3n) is 0.974. The van der Waals surface area contributed by atoms with Crippen LogP contribution in [0.15, 0.2) is 0 Å². The molecular weight excluding hydrogens is 179 g/mol. The number of hydrogen-bond donors (Lipinski definition) is 1. The van der Waals surface area contributed by atoms with Crippen LogP contribution in [-0.4, -0.2) is 16.3 Å². The van der Waals surface area contributed by atoms with Crippen LogP contribution in [0, 0.1) is 0 Å². The van der Waals surface area contributed by atoms with Gasteiger partial charge in [0, 0.05) is 6.54 Å². The number of hydrogen-bond acceptors (Lipinski definition) is 1. The highest BCUT2D eigenvalue weighted by atomic mass is 32.2. The summed E-state index contributed by atoms with van der Waals surface area (Å²) in [4.78, 5) is 0. The summed E-state index contributed by atoms with van der Waals surface area (Å²) in [7, 11) is -2.89. The Morgan fingerprint density at radius 3 is 2.36 bits per heavy atom. The number of nitrogens with one attached hydrogen (secondary N) is 1.